The molecule has 118 valence electrons. The predicted octanol–water partition coefficient (Wildman–Crippen LogP) is 2.05. The van der Waals surface area contributed by atoms with E-state index in [9.17, 15) is 19.7 Å². The number of nitro benzene ring substituents is 1. The highest BCUT2D eigenvalue weighted by Gasteiger charge is 2.35. The summed E-state index contributed by atoms with van der Waals surface area (Å²) in [4.78, 5) is 33.6. The van der Waals surface area contributed by atoms with Gasteiger partial charge in [-0.2, -0.15) is 0 Å². The highest BCUT2D eigenvalue weighted by atomic mass is 32.2. The molecule has 2 N–H and O–H groups in total. The van der Waals surface area contributed by atoms with Crippen LogP contribution in [0.15, 0.2) is 29.2 Å². The van der Waals surface area contributed by atoms with Crippen LogP contribution in [0.2, 0.25) is 0 Å². The summed E-state index contributed by atoms with van der Waals surface area (Å²) in [7, 11) is 0. The fraction of sp³-hybridized carbons (Fsp3) is 0.429. The van der Waals surface area contributed by atoms with Gasteiger partial charge in [0.1, 0.15) is 0 Å². The van der Waals surface area contributed by atoms with E-state index in [0.29, 0.717) is 12.8 Å². The fourth-order valence-corrected chi connectivity index (χ4v) is 3.04. The number of hydrogen-bond donors (Lipinski definition) is 2. The van der Waals surface area contributed by atoms with Crippen LogP contribution in [0.4, 0.5) is 5.69 Å². The molecule has 0 heterocycles. The predicted molar refractivity (Wildman–Crippen MR) is 80.7 cm³/mol. The highest BCUT2D eigenvalue weighted by molar-refractivity contribution is 8.00. The van der Waals surface area contributed by atoms with Crippen LogP contribution < -0.4 is 5.32 Å². The summed E-state index contributed by atoms with van der Waals surface area (Å²) in [6.45, 7) is 1.74. The van der Waals surface area contributed by atoms with Crippen molar-refractivity contribution in [2.24, 2.45) is 5.92 Å². The number of carboxylic acids is 1. The molecular weight excluding hydrogens is 308 g/mol. The minimum Gasteiger partial charge on any atom is -0.481 e. The van der Waals surface area contributed by atoms with Gasteiger partial charge in [-0.05, 0) is 31.9 Å². The second kappa shape index (κ2) is 6.78. The molecule has 1 saturated carbocycles. The topological polar surface area (TPSA) is 110 Å². The summed E-state index contributed by atoms with van der Waals surface area (Å²) < 4.78 is 0. The van der Waals surface area contributed by atoms with Gasteiger partial charge in [0.25, 0.3) is 5.69 Å². The molecule has 0 bridgehead atoms. The molecule has 2 rings (SSSR count). The zero-order valence-corrected chi connectivity index (χ0v) is 12.7. The van der Waals surface area contributed by atoms with Gasteiger partial charge in [-0.15, -0.1) is 11.8 Å². The number of thioether (sulfide) groups is 1. The average Bonchev–Trinajstić information content (AvgIpc) is 2.42. The largest absolute Gasteiger partial charge is 0.481 e. The molecule has 0 aromatic heterocycles. The molecule has 7 nitrogen and oxygen atoms in total. The Bertz CT molecular complexity index is 583. The zero-order chi connectivity index (χ0) is 16.3. The Morgan fingerprint density at radius 3 is 2.45 bits per heavy atom. The number of carboxylic acid groups (broad SMARTS) is 1. The summed E-state index contributed by atoms with van der Waals surface area (Å²) in [6.07, 6.45) is 0.936. The average molecular weight is 324 g/mol. The lowest BCUT2D eigenvalue weighted by molar-refractivity contribution is -0.384. The van der Waals surface area contributed by atoms with Gasteiger partial charge in [-0.25, -0.2) is 0 Å². The van der Waals surface area contributed by atoms with Crippen molar-refractivity contribution in [3.8, 4) is 0 Å². The minimum absolute atomic E-state index is 0.00985. The molecule has 1 aromatic rings. The molecule has 1 aromatic carbocycles. The smallest absolute Gasteiger partial charge is 0.306 e. The molecule has 1 atom stereocenters. The van der Waals surface area contributed by atoms with Crippen LogP contribution >= 0.6 is 11.8 Å². The van der Waals surface area contributed by atoms with Crippen molar-refractivity contribution in [1.82, 2.24) is 5.32 Å². The van der Waals surface area contributed by atoms with E-state index in [0.717, 1.165) is 4.90 Å². The van der Waals surface area contributed by atoms with Crippen molar-refractivity contribution in [2.75, 3.05) is 0 Å². The van der Waals surface area contributed by atoms with Crippen LogP contribution in [0.1, 0.15) is 19.8 Å². The van der Waals surface area contributed by atoms with Gasteiger partial charge in [0.2, 0.25) is 5.91 Å². The van der Waals surface area contributed by atoms with Crippen LogP contribution in [0, 0.1) is 16.0 Å². The number of nitrogens with one attached hydrogen (secondary N) is 1. The Kier molecular flexibility index (Phi) is 5.02. The first-order chi connectivity index (χ1) is 10.4. The Balaban J connectivity index is 1.81. The third-order valence-corrected chi connectivity index (χ3v) is 4.68. The lowest BCUT2D eigenvalue weighted by atomic mass is 9.80. The highest BCUT2D eigenvalue weighted by Crippen LogP contribution is 2.29. The van der Waals surface area contributed by atoms with E-state index in [2.05, 4.69) is 5.32 Å². The normalized spacial score (nSPS) is 21.5. The maximum Gasteiger partial charge on any atom is 0.306 e. The number of amides is 1. The van der Waals surface area contributed by atoms with Crippen molar-refractivity contribution >= 4 is 29.3 Å². The summed E-state index contributed by atoms with van der Waals surface area (Å²) in [5.41, 5.74) is 0.00985. The summed E-state index contributed by atoms with van der Waals surface area (Å²) in [5, 5.41) is 21.8. The van der Waals surface area contributed by atoms with Crippen LogP contribution in [-0.4, -0.2) is 33.2 Å². The summed E-state index contributed by atoms with van der Waals surface area (Å²) >= 11 is 1.30. The second-order valence-electron chi connectivity index (χ2n) is 5.22. The number of nitrogens with zero attached hydrogens (tertiary/aromatic N) is 1. The van der Waals surface area contributed by atoms with Gasteiger partial charge in [-0.1, -0.05) is 0 Å². The Morgan fingerprint density at radius 1 is 1.36 bits per heavy atom. The SMILES string of the molecule is CC(Sc1ccc([N+](=O)[O-])cc1)C(=O)NC1CC(C(=O)O)C1. The van der Waals surface area contributed by atoms with Gasteiger partial charge in [0.05, 0.1) is 16.1 Å². The molecular formula is C14H16N2O5S. The number of carbonyl (C=O) groups is 2. The Morgan fingerprint density at radius 2 is 1.95 bits per heavy atom. The molecule has 1 fully saturated rings. The molecule has 0 saturated heterocycles. The van der Waals surface area contributed by atoms with Gasteiger partial charge >= 0.3 is 5.97 Å². The molecule has 0 aliphatic heterocycles. The van der Waals surface area contributed by atoms with E-state index in [1.165, 1.54) is 23.9 Å². The monoisotopic (exact) mass is 324 g/mol. The quantitative estimate of drug-likeness (QED) is 0.471. The van der Waals surface area contributed by atoms with Gasteiger partial charge in [0.15, 0.2) is 0 Å². The molecule has 0 spiro atoms. The van der Waals surface area contributed by atoms with Gasteiger partial charge in [0, 0.05) is 23.1 Å². The van der Waals surface area contributed by atoms with Gasteiger partial charge in [-0.3, -0.25) is 19.7 Å². The molecule has 8 heteroatoms. The van der Waals surface area contributed by atoms with E-state index in [1.807, 2.05) is 0 Å². The lowest BCUT2D eigenvalue weighted by Gasteiger charge is -2.33. The van der Waals surface area contributed by atoms with E-state index in [1.54, 1.807) is 19.1 Å². The van der Waals surface area contributed by atoms with Crippen LogP contribution in [0.25, 0.3) is 0 Å². The number of carbonyl (C=O) groups excluding carboxylic acids is 1. The molecule has 1 aliphatic rings. The van der Waals surface area contributed by atoms with Crippen LogP contribution in [0.5, 0.6) is 0 Å². The summed E-state index contributed by atoms with van der Waals surface area (Å²) in [5.74, 6) is -1.33. The first-order valence-corrected chi connectivity index (χ1v) is 7.69. The minimum atomic E-state index is -0.821. The van der Waals surface area contributed by atoms with Crippen molar-refractivity contribution < 1.29 is 19.6 Å². The van der Waals surface area contributed by atoms with Crippen molar-refractivity contribution in [3.05, 3.63) is 34.4 Å². The number of aliphatic carboxylic acids is 1. The van der Waals surface area contributed by atoms with E-state index >= 15 is 0 Å². The summed E-state index contributed by atoms with van der Waals surface area (Å²) in [6, 6.07) is 5.94. The molecule has 1 amide bonds. The first kappa shape index (κ1) is 16.3. The number of non-ortho nitro benzene ring substituents is 1. The molecule has 0 radical (unpaired) electrons. The van der Waals surface area contributed by atoms with Crippen molar-refractivity contribution in [2.45, 2.75) is 36.0 Å². The molecule has 22 heavy (non-hydrogen) atoms. The second-order valence-corrected chi connectivity index (χ2v) is 6.64. The number of benzene rings is 1. The standard InChI is InChI=1S/C14H16N2O5S/c1-8(13(17)15-10-6-9(7-10)14(18)19)22-12-4-2-11(3-5-12)16(20)21/h2-5,8-10H,6-7H2,1H3,(H,15,17)(H,18,19). The molecule has 1 aliphatic carbocycles. The Labute approximate surface area is 131 Å². The van der Waals surface area contributed by atoms with Crippen molar-refractivity contribution in [3.63, 3.8) is 0 Å². The van der Waals surface area contributed by atoms with Crippen LogP contribution in [0.3, 0.4) is 0 Å². The number of hydrogen-bond acceptors (Lipinski definition) is 5. The van der Waals surface area contributed by atoms with E-state index in [4.69, 9.17) is 5.11 Å². The fourth-order valence-electron chi connectivity index (χ4n) is 2.16. The van der Waals surface area contributed by atoms with E-state index < -0.39 is 10.9 Å². The van der Waals surface area contributed by atoms with Crippen molar-refractivity contribution in [1.29, 1.82) is 0 Å². The van der Waals surface area contributed by atoms with Crippen LogP contribution in [-0.2, 0) is 9.59 Å². The maximum atomic E-state index is 12.0. The van der Waals surface area contributed by atoms with E-state index in [-0.39, 0.29) is 28.8 Å². The first-order valence-electron chi connectivity index (χ1n) is 6.81. The third kappa shape index (κ3) is 3.97. The number of nitro groups is 1. The zero-order valence-electron chi connectivity index (χ0n) is 11.9. The number of rotatable bonds is 6. The maximum absolute atomic E-state index is 12.0. The Hall–Kier alpha value is -2.09. The molecule has 1 unspecified atom stereocenters. The third-order valence-electron chi connectivity index (χ3n) is 3.56. The lowest BCUT2D eigenvalue weighted by Crippen LogP contribution is -2.48. The van der Waals surface area contributed by atoms with Gasteiger partial charge < -0.3 is 10.4 Å².